The summed E-state index contributed by atoms with van der Waals surface area (Å²) in [5.41, 5.74) is 4.01. The summed E-state index contributed by atoms with van der Waals surface area (Å²) >= 11 is 0. The lowest BCUT2D eigenvalue weighted by atomic mass is 10.0. The summed E-state index contributed by atoms with van der Waals surface area (Å²) in [6, 6.07) is 10.8. The molecule has 1 fully saturated rings. The number of amides is 3. The summed E-state index contributed by atoms with van der Waals surface area (Å²) < 4.78 is 13.7. The predicted octanol–water partition coefficient (Wildman–Crippen LogP) is 2.96. The minimum Gasteiger partial charge on any atom is -0.357 e. The molecule has 7 nitrogen and oxygen atoms in total. The number of H-pyrrole nitrogens is 1. The second kappa shape index (κ2) is 7.31. The minimum absolute atomic E-state index is 0.121. The van der Waals surface area contributed by atoms with Crippen LogP contribution < -0.4 is 10.2 Å². The van der Waals surface area contributed by atoms with Gasteiger partial charge in [0.2, 0.25) is 11.8 Å². The Kier molecular flexibility index (Phi) is 4.59. The normalized spacial score (nSPS) is 19.2. The highest BCUT2D eigenvalue weighted by Gasteiger charge is 2.43. The number of halogens is 1. The molecule has 0 bridgehead atoms. The molecule has 5 rings (SSSR count). The number of hydrogen-bond donors (Lipinski definition) is 2. The summed E-state index contributed by atoms with van der Waals surface area (Å²) in [6.45, 7) is 2.54. The van der Waals surface area contributed by atoms with E-state index >= 15 is 0 Å². The Bertz CT molecular complexity index is 1220. The highest BCUT2D eigenvalue weighted by atomic mass is 19.1. The van der Waals surface area contributed by atoms with E-state index in [2.05, 4.69) is 10.3 Å². The molecular formula is C23H21FN4O3. The van der Waals surface area contributed by atoms with Crippen LogP contribution in [0.4, 0.5) is 15.8 Å². The largest absolute Gasteiger partial charge is 0.357 e. The van der Waals surface area contributed by atoms with Crippen LogP contribution in [0.2, 0.25) is 0 Å². The van der Waals surface area contributed by atoms with Crippen LogP contribution in [0, 0.1) is 5.82 Å². The summed E-state index contributed by atoms with van der Waals surface area (Å²) in [6.07, 6.45) is 0.804. The molecule has 0 spiro atoms. The third kappa shape index (κ3) is 3.38. The highest BCUT2D eigenvalue weighted by molar-refractivity contribution is 6.22. The van der Waals surface area contributed by atoms with Crippen LogP contribution in [0.3, 0.4) is 0 Å². The molecule has 1 atom stereocenters. The maximum Gasteiger partial charge on any atom is 0.251 e. The van der Waals surface area contributed by atoms with Gasteiger partial charge in [-0.25, -0.2) is 9.29 Å². The van der Waals surface area contributed by atoms with Gasteiger partial charge < -0.3 is 10.3 Å². The number of carbonyl (C=O) groups is 3. The quantitative estimate of drug-likeness (QED) is 0.638. The molecule has 0 aliphatic carbocycles. The van der Waals surface area contributed by atoms with Crippen LogP contribution >= 0.6 is 0 Å². The van der Waals surface area contributed by atoms with Crippen molar-refractivity contribution >= 4 is 40.0 Å². The maximum atomic E-state index is 13.7. The number of fused-ring (bicyclic) bond motifs is 3. The Labute approximate surface area is 177 Å². The van der Waals surface area contributed by atoms with Crippen LogP contribution in [0.25, 0.3) is 10.9 Å². The molecule has 1 aromatic heterocycles. The van der Waals surface area contributed by atoms with E-state index in [4.69, 9.17) is 0 Å². The highest BCUT2D eigenvalue weighted by Crippen LogP contribution is 2.32. The van der Waals surface area contributed by atoms with Crippen molar-refractivity contribution in [3.63, 3.8) is 0 Å². The molecule has 2 aliphatic rings. The van der Waals surface area contributed by atoms with Crippen LogP contribution in [-0.2, 0) is 27.3 Å². The third-order valence-electron chi connectivity index (χ3n) is 5.98. The molecule has 2 aromatic carbocycles. The van der Waals surface area contributed by atoms with Crippen molar-refractivity contribution in [1.82, 2.24) is 9.88 Å². The smallest absolute Gasteiger partial charge is 0.251 e. The molecule has 3 amide bonds. The maximum absolute atomic E-state index is 13.7. The molecule has 2 aliphatic heterocycles. The minimum atomic E-state index is -0.529. The second-order valence-electron chi connectivity index (χ2n) is 8.01. The Morgan fingerprint density at radius 3 is 2.68 bits per heavy atom. The van der Waals surface area contributed by atoms with E-state index in [1.807, 2.05) is 4.90 Å². The van der Waals surface area contributed by atoms with E-state index in [9.17, 15) is 18.8 Å². The molecule has 8 heteroatoms. The first kappa shape index (κ1) is 19.4. The van der Waals surface area contributed by atoms with Gasteiger partial charge in [-0.1, -0.05) is 0 Å². The molecular weight excluding hydrogens is 399 g/mol. The van der Waals surface area contributed by atoms with Gasteiger partial charge in [0.1, 0.15) is 5.82 Å². The number of anilines is 2. The third-order valence-corrected chi connectivity index (χ3v) is 5.98. The Hall–Kier alpha value is -3.52. The Morgan fingerprint density at radius 2 is 1.94 bits per heavy atom. The number of nitrogens with zero attached hydrogens (tertiary/aromatic N) is 2. The lowest BCUT2D eigenvalue weighted by Gasteiger charge is -2.30. The van der Waals surface area contributed by atoms with Crippen molar-refractivity contribution < 1.29 is 18.8 Å². The Morgan fingerprint density at radius 1 is 1.16 bits per heavy atom. The monoisotopic (exact) mass is 420 g/mol. The van der Waals surface area contributed by atoms with Gasteiger partial charge in [0.25, 0.3) is 5.91 Å². The van der Waals surface area contributed by atoms with Crippen molar-refractivity contribution in [2.24, 2.45) is 0 Å². The van der Waals surface area contributed by atoms with E-state index in [0.717, 1.165) is 22.2 Å². The zero-order valence-electron chi connectivity index (χ0n) is 16.9. The number of carbonyl (C=O) groups excluding carboxylic acids is 3. The standard InChI is InChI=1S/C23H21FN4O3/c1-13(29)25-15-3-5-16(6-4-15)28-22(30)11-21(23(28)31)27-9-8-17-18-10-14(24)2-7-19(18)26-20(17)12-27/h2-7,10,21,26H,8-9,11-12H2,1H3,(H,25,29). The molecule has 1 saturated heterocycles. The zero-order valence-corrected chi connectivity index (χ0v) is 16.9. The molecule has 2 N–H and O–H groups in total. The van der Waals surface area contributed by atoms with Gasteiger partial charge in [0, 0.05) is 42.3 Å². The summed E-state index contributed by atoms with van der Waals surface area (Å²) in [5, 5.41) is 3.55. The van der Waals surface area contributed by atoms with Crippen molar-refractivity contribution in [3.8, 4) is 0 Å². The van der Waals surface area contributed by atoms with E-state index in [-0.39, 0.29) is 30.0 Å². The van der Waals surface area contributed by atoms with Gasteiger partial charge in [-0.05, 0) is 54.4 Å². The van der Waals surface area contributed by atoms with Crippen molar-refractivity contribution in [3.05, 3.63) is 59.5 Å². The van der Waals surface area contributed by atoms with Gasteiger partial charge in [-0.15, -0.1) is 0 Å². The lowest BCUT2D eigenvalue weighted by molar-refractivity contribution is -0.123. The van der Waals surface area contributed by atoms with Crippen LogP contribution in [0.1, 0.15) is 24.6 Å². The summed E-state index contributed by atoms with van der Waals surface area (Å²) in [4.78, 5) is 43.6. The number of benzene rings is 2. The summed E-state index contributed by atoms with van der Waals surface area (Å²) in [5.74, 6) is -0.951. The molecule has 3 heterocycles. The topological polar surface area (TPSA) is 85.5 Å². The first-order valence-electron chi connectivity index (χ1n) is 10.2. The van der Waals surface area contributed by atoms with Gasteiger partial charge in [-0.3, -0.25) is 19.3 Å². The SMILES string of the molecule is CC(=O)Nc1ccc(N2C(=O)CC(N3CCc4c([nH]c5ccc(F)cc45)C3)C2=O)cc1. The Balaban J connectivity index is 1.36. The average molecular weight is 420 g/mol. The number of aromatic amines is 1. The first-order valence-corrected chi connectivity index (χ1v) is 10.2. The number of rotatable bonds is 3. The first-order chi connectivity index (χ1) is 14.9. The molecule has 1 unspecified atom stereocenters. The van der Waals surface area contributed by atoms with Crippen molar-refractivity contribution in [1.29, 1.82) is 0 Å². The predicted molar refractivity (Wildman–Crippen MR) is 114 cm³/mol. The van der Waals surface area contributed by atoms with Crippen LogP contribution in [0.5, 0.6) is 0 Å². The lowest BCUT2D eigenvalue weighted by Crippen LogP contribution is -2.44. The van der Waals surface area contributed by atoms with Gasteiger partial charge in [0.05, 0.1) is 18.2 Å². The van der Waals surface area contributed by atoms with E-state index in [1.165, 1.54) is 24.0 Å². The van der Waals surface area contributed by atoms with Crippen molar-refractivity contribution in [2.75, 3.05) is 16.8 Å². The van der Waals surface area contributed by atoms with E-state index < -0.39 is 6.04 Å². The van der Waals surface area contributed by atoms with E-state index in [1.54, 1.807) is 30.3 Å². The fourth-order valence-electron chi connectivity index (χ4n) is 4.57. The molecule has 3 aromatic rings. The second-order valence-corrected chi connectivity index (χ2v) is 8.01. The fourth-order valence-corrected chi connectivity index (χ4v) is 4.57. The molecule has 0 saturated carbocycles. The van der Waals surface area contributed by atoms with Crippen LogP contribution in [-0.4, -0.2) is 40.2 Å². The number of nitrogens with one attached hydrogen (secondary N) is 2. The number of hydrogen-bond acceptors (Lipinski definition) is 4. The zero-order chi connectivity index (χ0) is 21.7. The van der Waals surface area contributed by atoms with Crippen molar-refractivity contribution in [2.45, 2.75) is 32.4 Å². The molecule has 0 radical (unpaired) electrons. The van der Waals surface area contributed by atoms with Crippen LogP contribution in [0.15, 0.2) is 42.5 Å². The fraction of sp³-hybridized carbons (Fsp3) is 0.261. The molecule has 31 heavy (non-hydrogen) atoms. The van der Waals surface area contributed by atoms with Gasteiger partial charge in [-0.2, -0.15) is 0 Å². The van der Waals surface area contributed by atoms with Gasteiger partial charge in [0.15, 0.2) is 0 Å². The van der Waals surface area contributed by atoms with E-state index in [0.29, 0.717) is 30.9 Å². The number of imide groups is 1. The molecule has 158 valence electrons. The van der Waals surface area contributed by atoms with Gasteiger partial charge >= 0.3 is 0 Å². The number of aromatic nitrogens is 1. The summed E-state index contributed by atoms with van der Waals surface area (Å²) in [7, 11) is 0. The average Bonchev–Trinajstić information content (AvgIpc) is 3.24.